The van der Waals surface area contributed by atoms with Gasteiger partial charge in [-0.25, -0.2) is 0 Å². The molecule has 1 aliphatic rings. The van der Waals surface area contributed by atoms with Gasteiger partial charge in [0.15, 0.2) is 5.16 Å². The smallest absolute Gasteiger partial charge is 0.235 e. The zero-order chi connectivity index (χ0) is 18.0. The first-order chi connectivity index (χ1) is 12.0. The van der Waals surface area contributed by atoms with Crippen LogP contribution < -0.4 is 5.32 Å². The van der Waals surface area contributed by atoms with Crippen molar-refractivity contribution in [2.24, 2.45) is 7.05 Å². The van der Waals surface area contributed by atoms with E-state index in [0.29, 0.717) is 22.6 Å². The van der Waals surface area contributed by atoms with E-state index in [2.05, 4.69) is 26.2 Å². The van der Waals surface area contributed by atoms with E-state index in [0.717, 1.165) is 24.1 Å². The number of aryl methyl sites for hydroxylation is 1. The summed E-state index contributed by atoms with van der Waals surface area (Å²) in [6.45, 7) is 3.97. The average Bonchev–Trinajstić information content (AvgIpc) is 3.29. The van der Waals surface area contributed by atoms with Gasteiger partial charge in [0.1, 0.15) is 18.2 Å². The number of aromatic nitrogens is 4. The number of carbonyl (C=O) groups is 1. The molecule has 25 heavy (non-hydrogen) atoms. The Labute approximate surface area is 151 Å². The summed E-state index contributed by atoms with van der Waals surface area (Å²) >= 11 is 1.33. The number of nitrogens with one attached hydrogen (secondary N) is 1. The van der Waals surface area contributed by atoms with Crippen LogP contribution in [0.15, 0.2) is 11.5 Å². The summed E-state index contributed by atoms with van der Waals surface area (Å²) in [5.74, 6) is 0.736. The van der Waals surface area contributed by atoms with Crippen LogP contribution in [-0.4, -0.2) is 31.0 Å². The molecule has 0 aliphatic heterocycles. The molecule has 132 valence electrons. The molecule has 0 atom stereocenters. The maximum atomic E-state index is 12.5. The number of hydrogen-bond acceptors (Lipinski definition) is 5. The van der Waals surface area contributed by atoms with E-state index in [1.165, 1.54) is 24.6 Å². The Hall–Kier alpha value is -2.27. The molecular formula is C17H22N6OS. The van der Waals surface area contributed by atoms with E-state index < -0.39 is 0 Å². The van der Waals surface area contributed by atoms with E-state index >= 15 is 0 Å². The summed E-state index contributed by atoms with van der Waals surface area (Å²) in [6.07, 6.45) is 6.18. The Morgan fingerprint density at radius 2 is 2.16 bits per heavy atom. The molecule has 0 saturated heterocycles. The lowest BCUT2D eigenvalue weighted by Crippen LogP contribution is -2.20. The predicted octanol–water partition coefficient (Wildman–Crippen LogP) is 2.95. The molecule has 7 nitrogen and oxygen atoms in total. The lowest BCUT2D eigenvalue weighted by Gasteiger charge is -2.19. The lowest BCUT2D eigenvalue weighted by molar-refractivity contribution is -0.113. The van der Waals surface area contributed by atoms with Crippen molar-refractivity contribution < 1.29 is 4.79 Å². The Kier molecular flexibility index (Phi) is 5.13. The van der Waals surface area contributed by atoms with E-state index in [1.54, 1.807) is 10.9 Å². The maximum Gasteiger partial charge on any atom is 0.235 e. The predicted molar refractivity (Wildman–Crippen MR) is 96.5 cm³/mol. The van der Waals surface area contributed by atoms with Gasteiger partial charge in [0.05, 0.1) is 11.3 Å². The molecule has 2 aromatic rings. The van der Waals surface area contributed by atoms with Crippen molar-refractivity contribution in [1.29, 1.82) is 5.26 Å². The molecule has 8 heteroatoms. The zero-order valence-electron chi connectivity index (χ0n) is 14.7. The zero-order valence-corrected chi connectivity index (χ0v) is 15.6. The van der Waals surface area contributed by atoms with Crippen molar-refractivity contribution in [2.75, 3.05) is 11.1 Å². The molecular weight excluding hydrogens is 336 g/mol. The minimum Gasteiger partial charge on any atom is -0.327 e. The molecule has 3 rings (SSSR count). The minimum absolute atomic E-state index is 0.138. The lowest BCUT2D eigenvalue weighted by atomic mass is 10.2. The number of nitriles is 1. The van der Waals surface area contributed by atoms with E-state index in [4.69, 9.17) is 0 Å². The van der Waals surface area contributed by atoms with E-state index in [9.17, 15) is 10.1 Å². The van der Waals surface area contributed by atoms with Gasteiger partial charge in [0, 0.05) is 18.8 Å². The Morgan fingerprint density at radius 1 is 1.44 bits per heavy atom. The molecule has 2 heterocycles. The summed E-state index contributed by atoms with van der Waals surface area (Å²) in [5.41, 5.74) is 2.59. The number of carbonyl (C=O) groups excluding carboxylic acids is 1. The molecule has 0 spiro atoms. The van der Waals surface area contributed by atoms with Crippen molar-refractivity contribution in [2.45, 2.75) is 50.7 Å². The van der Waals surface area contributed by atoms with Crippen LogP contribution in [0.2, 0.25) is 0 Å². The molecule has 1 fully saturated rings. The quantitative estimate of drug-likeness (QED) is 0.830. The number of nitrogens with zero attached hydrogens (tertiary/aromatic N) is 5. The number of hydrogen-bond donors (Lipinski definition) is 1. The Bertz CT molecular complexity index is 825. The van der Waals surface area contributed by atoms with Gasteiger partial charge in [-0.1, -0.05) is 24.6 Å². The largest absolute Gasteiger partial charge is 0.327 e. The molecule has 0 unspecified atom stereocenters. The van der Waals surface area contributed by atoms with Gasteiger partial charge in [-0.05, 0) is 32.3 Å². The third kappa shape index (κ3) is 3.42. The molecule has 0 aromatic carbocycles. The molecule has 1 aliphatic carbocycles. The van der Waals surface area contributed by atoms with Crippen LogP contribution in [0.3, 0.4) is 0 Å². The van der Waals surface area contributed by atoms with E-state index in [-0.39, 0.29) is 11.7 Å². The summed E-state index contributed by atoms with van der Waals surface area (Å²) in [4.78, 5) is 12.5. The molecule has 1 N–H and O–H groups in total. The normalized spacial score (nSPS) is 14.6. The van der Waals surface area contributed by atoms with Gasteiger partial charge in [-0.2, -0.15) is 5.26 Å². The SMILES string of the molecule is Cc1c(C#N)c(NC(=O)CSc2nncn2C)n(C2CCCC2)c1C. The first-order valence-corrected chi connectivity index (χ1v) is 9.39. The number of amides is 1. The summed E-state index contributed by atoms with van der Waals surface area (Å²) in [7, 11) is 1.84. The highest BCUT2D eigenvalue weighted by Gasteiger charge is 2.26. The number of rotatable bonds is 5. The van der Waals surface area contributed by atoms with Crippen molar-refractivity contribution in [1.82, 2.24) is 19.3 Å². The minimum atomic E-state index is -0.138. The summed E-state index contributed by atoms with van der Waals surface area (Å²) in [5, 5.41) is 21.0. The molecule has 0 radical (unpaired) electrons. The summed E-state index contributed by atoms with van der Waals surface area (Å²) in [6, 6.07) is 2.63. The van der Waals surface area contributed by atoms with E-state index in [1.807, 2.05) is 20.9 Å². The van der Waals surface area contributed by atoms with Gasteiger partial charge in [0.25, 0.3) is 0 Å². The first-order valence-electron chi connectivity index (χ1n) is 8.41. The monoisotopic (exact) mass is 358 g/mol. The fourth-order valence-electron chi connectivity index (χ4n) is 3.41. The third-order valence-electron chi connectivity index (χ3n) is 4.82. The van der Waals surface area contributed by atoms with Crippen LogP contribution in [0.5, 0.6) is 0 Å². The molecule has 0 bridgehead atoms. The Balaban J connectivity index is 1.81. The highest BCUT2D eigenvalue weighted by molar-refractivity contribution is 7.99. The topological polar surface area (TPSA) is 88.5 Å². The van der Waals surface area contributed by atoms with Gasteiger partial charge in [-0.3, -0.25) is 4.79 Å². The highest BCUT2D eigenvalue weighted by Crippen LogP contribution is 2.37. The van der Waals surface area contributed by atoms with Gasteiger partial charge < -0.3 is 14.5 Å². The fraction of sp³-hybridized carbons (Fsp3) is 0.529. The van der Waals surface area contributed by atoms with Gasteiger partial charge in [-0.15, -0.1) is 10.2 Å². The molecule has 1 saturated carbocycles. The van der Waals surface area contributed by atoms with Crippen molar-refractivity contribution >= 4 is 23.5 Å². The van der Waals surface area contributed by atoms with Crippen LogP contribution in [-0.2, 0) is 11.8 Å². The van der Waals surface area contributed by atoms with Crippen molar-refractivity contribution in [3.63, 3.8) is 0 Å². The highest BCUT2D eigenvalue weighted by atomic mass is 32.2. The number of thioether (sulfide) groups is 1. The molecule has 2 aromatic heterocycles. The van der Waals surface area contributed by atoms with Crippen LogP contribution in [0.1, 0.15) is 48.5 Å². The van der Waals surface area contributed by atoms with Crippen LogP contribution in [0, 0.1) is 25.2 Å². The second-order valence-electron chi connectivity index (χ2n) is 6.42. The summed E-state index contributed by atoms with van der Waals surface area (Å²) < 4.78 is 3.93. The maximum absolute atomic E-state index is 12.5. The third-order valence-corrected chi connectivity index (χ3v) is 5.85. The fourth-order valence-corrected chi connectivity index (χ4v) is 4.10. The van der Waals surface area contributed by atoms with Gasteiger partial charge in [0.2, 0.25) is 5.91 Å². The van der Waals surface area contributed by atoms with Crippen LogP contribution >= 0.6 is 11.8 Å². The standard InChI is InChI=1S/C17H22N6OS/c1-11-12(2)23(13-6-4-5-7-13)16(14(11)8-18)20-15(24)9-25-17-21-19-10-22(17)3/h10,13H,4-7,9H2,1-3H3,(H,20,24). The molecule has 1 amide bonds. The van der Waals surface area contributed by atoms with Crippen LogP contribution in [0.25, 0.3) is 0 Å². The number of anilines is 1. The second-order valence-corrected chi connectivity index (χ2v) is 7.36. The van der Waals surface area contributed by atoms with Crippen molar-refractivity contribution in [3.8, 4) is 6.07 Å². The van der Waals surface area contributed by atoms with Gasteiger partial charge >= 0.3 is 0 Å². The van der Waals surface area contributed by atoms with Crippen LogP contribution in [0.4, 0.5) is 5.82 Å². The Morgan fingerprint density at radius 3 is 2.76 bits per heavy atom. The average molecular weight is 358 g/mol. The van der Waals surface area contributed by atoms with Crippen molar-refractivity contribution in [3.05, 3.63) is 23.1 Å². The first kappa shape index (κ1) is 17.5. The second kappa shape index (κ2) is 7.31.